The zero-order chi connectivity index (χ0) is 14.5. The minimum absolute atomic E-state index is 0.106. The first kappa shape index (κ1) is 15.0. The average molecular weight is 338 g/mol. The van der Waals surface area contributed by atoms with Crippen molar-refractivity contribution >= 4 is 15.9 Å². The highest BCUT2D eigenvalue weighted by atomic mass is 79.9. The number of methoxy groups -OCH3 is 1. The predicted molar refractivity (Wildman–Crippen MR) is 82.3 cm³/mol. The van der Waals surface area contributed by atoms with Crippen molar-refractivity contribution in [2.75, 3.05) is 7.11 Å². The lowest BCUT2D eigenvalue weighted by atomic mass is 10.1. The van der Waals surface area contributed by atoms with Gasteiger partial charge in [-0.3, -0.25) is 0 Å². The molecule has 2 aromatic rings. The zero-order valence-corrected chi connectivity index (χ0v) is 13.1. The van der Waals surface area contributed by atoms with Crippen LogP contribution in [0.5, 0.6) is 5.75 Å². The maximum Gasteiger partial charge on any atom is 0.124 e. The van der Waals surface area contributed by atoms with Gasteiger partial charge < -0.3 is 10.1 Å². The molecule has 0 saturated carbocycles. The van der Waals surface area contributed by atoms with Gasteiger partial charge in [0.15, 0.2) is 0 Å². The van der Waals surface area contributed by atoms with Crippen LogP contribution in [0, 0.1) is 5.82 Å². The third kappa shape index (κ3) is 3.58. The summed E-state index contributed by atoms with van der Waals surface area (Å²) >= 11 is 3.40. The van der Waals surface area contributed by atoms with Gasteiger partial charge in [0, 0.05) is 22.6 Å². The molecule has 2 rings (SSSR count). The van der Waals surface area contributed by atoms with E-state index in [4.69, 9.17) is 4.74 Å². The van der Waals surface area contributed by atoms with Crippen molar-refractivity contribution in [3.8, 4) is 5.75 Å². The Balaban J connectivity index is 2.06. The SMILES string of the molecule is COc1ccccc1CNC(C)c1ccc(F)cc1Br. The Bertz CT molecular complexity index is 588. The van der Waals surface area contributed by atoms with Crippen LogP contribution in [0.25, 0.3) is 0 Å². The fraction of sp³-hybridized carbons (Fsp3) is 0.250. The van der Waals surface area contributed by atoms with Gasteiger partial charge >= 0.3 is 0 Å². The van der Waals surface area contributed by atoms with E-state index < -0.39 is 0 Å². The quantitative estimate of drug-likeness (QED) is 0.870. The number of para-hydroxylation sites is 1. The predicted octanol–water partition coefficient (Wildman–Crippen LogP) is 4.45. The van der Waals surface area contributed by atoms with Crippen LogP contribution in [0.4, 0.5) is 4.39 Å². The van der Waals surface area contributed by atoms with Crippen LogP contribution in [-0.2, 0) is 6.54 Å². The average Bonchev–Trinajstić information content (AvgIpc) is 2.45. The van der Waals surface area contributed by atoms with Crippen molar-refractivity contribution < 1.29 is 9.13 Å². The van der Waals surface area contributed by atoms with Crippen LogP contribution in [0.1, 0.15) is 24.1 Å². The van der Waals surface area contributed by atoms with E-state index >= 15 is 0 Å². The summed E-state index contributed by atoms with van der Waals surface area (Å²) in [5, 5.41) is 3.42. The van der Waals surface area contributed by atoms with Crippen molar-refractivity contribution in [2.45, 2.75) is 19.5 Å². The van der Waals surface area contributed by atoms with Crippen molar-refractivity contribution in [3.05, 3.63) is 63.9 Å². The van der Waals surface area contributed by atoms with Gasteiger partial charge in [0.1, 0.15) is 11.6 Å². The first-order valence-corrected chi connectivity index (χ1v) is 7.21. The van der Waals surface area contributed by atoms with Gasteiger partial charge in [-0.1, -0.05) is 40.2 Å². The molecule has 0 aromatic heterocycles. The molecule has 1 N–H and O–H groups in total. The third-order valence-electron chi connectivity index (χ3n) is 3.22. The van der Waals surface area contributed by atoms with Crippen molar-refractivity contribution in [2.24, 2.45) is 0 Å². The van der Waals surface area contributed by atoms with Crippen LogP contribution >= 0.6 is 15.9 Å². The first-order valence-electron chi connectivity index (χ1n) is 6.42. The molecule has 0 aliphatic rings. The lowest BCUT2D eigenvalue weighted by Crippen LogP contribution is -2.19. The van der Waals surface area contributed by atoms with Crippen LogP contribution in [0.15, 0.2) is 46.9 Å². The van der Waals surface area contributed by atoms with Crippen molar-refractivity contribution in [1.29, 1.82) is 0 Å². The molecule has 0 amide bonds. The van der Waals surface area contributed by atoms with E-state index in [0.717, 1.165) is 21.3 Å². The molecule has 0 aliphatic heterocycles. The molecule has 20 heavy (non-hydrogen) atoms. The second-order valence-electron chi connectivity index (χ2n) is 4.58. The normalized spacial score (nSPS) is 12.2. The van der Waals surface area contributed by atoms with Gasteiger partial charge in [0.25, 0.3) is 0 Å². The molecular formula is C16H17BrFNO. The monoisotopic (exact) mass is 337 g/mol. The molecule has 0 bridgehead atoms. The molecule has 2 aromatic carbocycles. The topological polar surface area (TPSA) is 21.3 Å². The highest BCUT2D eigenvalue weighted by molar-refractivity contribution is 9.10. The molecule has 1 atom stereocenters. The molecule has 106 valence electrons. The number of nitrogens with one attached hydrogen (secondary N) is 1. The maximum absolute atomic E-state index is 13.1. The van der Waals surface area contributed by atoms with E-state index in [2.05, 4.69) is 21.2 Å². The number of hydrogen-bond acceptors (Lipinski definition) is 2. The van der Waals surface area contributed by atoms with Crippen molar-refractivity contribution in [3.63, 3.8) is 0 Å². The summed E-state index contributed by atoms with van der Waals surface area (Å²) in [5.74, 6) is 0.628. The van der Waals surface area contributed by atoms with E-state index in [1.807, 2.05) is 31.2 Å². The summed E-state index contributed by atoms with van der Waals surface area (Å²) in [5.41, 5.74) is 2.13. The second kappa shape index (κ2) is 6.86. The summed E-state index contributed by atoms with van der Waals surface area (Å²) < 4.78 is 19.2. The number of rotatable bonds is 5. The van der Waals surface area contributed by atoms with Crippen molar-refractivity contribution in [1.82, 2.24) is 5.32 Å². The molecule has 0 spiro atoms. The fourth-order valence-electron chi connectivity index (χ4n) is 2.07. The minimum Gasteiger partial charge on any atom is -0.496 e. The molecule has 0 aliphatic carbocycles. The van der Waals surface area contributed by atoms with Gasteiger partial charge in [-0.05, 0) is 30.7 Å². The Kier molecular flexibility index (Phi) is 5.15. The second-order valence-corrected chi connectivity index (χ2v) is 5.43. The summed E-state index contributed by atoms with van der Waals surface area (Å²) in [7, 11) is 1.67. The van der Waals surface area contributed by atoms with Crippen LogP contribution in [0.2, 0.25) is 0 Å². The van der Waals surface area contributed by atoms with Crippen LogP contribution in [-0.4, -0.2) is 7.11 Å². The third-order valence-corrected chi connectivity index (χ3v) is 3.91. The van der Waals surface area contributed by atoms with E-state index in [-0.39, 0.29) is 11.9 Å². The highest BCUT2D eigenvalue weighted by Crippen LogP contribution is 2.25. The maximum atomic E-state index is 13.1. The van der Waals surface area contributed by atoms with Gasteiger partial charge in [-0.15, -0.1) is 0 Å². The van der Waals surface area contributed by atoms with E-state index in [1.54, 1.807) is 13.2 Å². The van der Waals surface area contributed by atoms with Gasteiger partial charge in [0.05, 0.1) is 7.11 Å². The Morgan fingerprint density at radius 2 is 2.00 bits per heavy atom. The molecule has 2 nitrogen and oxygen atoms in total. The van der Waals surface area contributed by atoms with Gasteiger partial charge in [-0.25, -0.2) is 4.39 Å². The fourth-order valence-corrected chi connectivity index (χ4v) is 2.77. The standard InChI is InChI=1S/C16H17BrFNO/c1-11(14-8-7-13(18)9-15(14)17)19-10-12-5-3-4-6-16(12)20-2/h3-9,11,19H,10H2,1-2H3. The minimum atomic E-state index is -0.238. The zero-order valence-electron chi connectivity index (χ0n) is 11.5. The number of benzene rings is 2. The van der Waals surface area contributed by atoms with Crippen LogP contribution < -0.4 is 10.1 Å². The highest BCUT2D eigenvalue weighted by Gasteiger charge is 2.10. The smallest absolute Gasteiger partial charge is 0.124 e. The largest absolute Gasteiger partial charge is 0.496 e. The Morgan fingerprint density at radius 1 is 1.25 bits per heavy atom. The molecular weight excluding hydrogens is 321 g/mol. The summed E-state index contributed by atoms with van der Waals surface area (Å²) in [6.45, 7) is 2.74. The summed E-state index contributed by atoms with van der Waals surface area (Å²) in [6.07, 6.45) is 0. The summed E-state index contributed by atoms with van der Waals surface area (Å²) in [4.78, 5) is 0. The first-order chi connectivity index (χ1) is 9.61. The lowest BCUT2D eigenvalue weighted by molar-refractivity contribution is 0.406. The Hall–Kier alpha value is -1.39. The summed E-state index contributed by atoms with van der Waals surface area (Å²) in [6, 6.07) is 12.8. The Labute approximate surface area is 127 Å². The van der Waals surface area contributed by atoms with E-state index in [1.165, 1.54) is 12.1 Å². The van der Waals surface area contributed by atoms with Gasteiger partial charge in [0.2, 0.25) is 0 Å². The molecule has 4 heteroatoms. The van der Waals surface area contributed by atoms with Gasteiger partial charge in [-0.2, -0.15) is 0 Å². The number of ether oxygens (including phenoxy) is 1. The number of halogens is 2. The lowest BCUT2D eigenvalue weighted by Gasteiger charge is -2.17. The molecule has 0 heterocycles. The molecule has 1 unspecified atom stereocenters. The van der Waals surface area contributed by atoms with E-state index in [0.29, 0.717) is 6.54 Å². The molecule has 0 fully saturated rings. The van der Waals surface area contributed by atoms with Crippen LogP contribution in [0.3, 0.4) is 0 Å². The van der Waals surface area contributed by atoms with E-state index in [9.17, 15) is 4.39 Å². The number of hydrogen-bond donors (Lipinski definition) is 1. The Morgan fingerprint density at radius 3 is 2.70 bits per heavy atom. The molecule has 0 radical (unpaired) electrons. The molecule has 0 saturated heterocycles.